The number of rotatable bonds is 3. The Hall–Kier alpha value is -2.89. The second-order valence-corrected chi connectivity index (χ2v) is 8.62. The summed E-state index contributed by atoms with van der Waals surface area (Å²) in [5, 5.41) is 3.19. The van der Waals surface area contributed by atoms with E-state index in [4.69, 9.17) is 4.74 Å². The van der Waals surface area contributed by atoms with E-state index >= 15 is 0 Å². The number of hydrogen-bond acceptors (Lipinski definition) is 4. The van der Waals surface area contributed by atoms with Crippen LogP contribution in [0.1, 0.15) is 48.0 Å². The van der Waals surface area contributed by atoms with Gasteiger partial charge in [-0.2, -0.15) is 0 Å². The fourth-order valence-electron chi connectivity index (χ4n) is 5.17. The van der Waals surface area contributed by atoms with Crippen LogP contribution in [0.15, 0.2) is 48.5 Å². The van der Waals surface area contributed by atoms with E-state index in [-0.39, 0.29) is 29.7 Å². The summed E-state index contributed by atoms with van der Waals surface area (Å²) < 4.78 is 19.3. The molecule has 1 atom stereocenters. The van der Waals surface area contributed by atoms with Crippen molar-refractivity contribution in [3.05, 3.63) is 65.5 Å². The molecule has 5 nitrogen and oxygen atoms in total. The molecule has 1 saturated carbocycles. The third-order valence-corrected chi connectivity index (χ3v) is 6.80. The molecule has 0 bridgehead atoms. The van der Waals surface area contributed by atoms with Gasteiger partial charge in [-0.1, -0.05) is 24.3 Å². The number of nitrogens with one attached hydrogen (secondary N) is 1. The molecule has 2 aromatic carbocycles. The second-order valence-electron chi connectivity index (χ2n) is 8.62. The van der Waals surface area contributed by atoms with E-state index in [0.717, 1.165) is 24.2 Å². The first kappa shape index (κ1) is 19.1. The highest BCUT2D eigenvalue weighted by Crippen LogP contribution is 2.48. The number of carbonyl (C=O) groups excluding carboxylic acids is 2. The Morgan fingerprint density at radius 1 is 1.10 bits per heavy atom. The minimum Gasteiger partial charge on any atom is -0.451 e. The first-order valence-electron chi connectivity index (χ1n) is 10.7. The maximum absolute atomic E-state index is 13.5. The van der Waals surface area contributed by atoms with Crippen molar-refractivity contribution in [3.63, 3.8) is 0 Å². The van der Waals surface area contributed by atoms with Crippen molar-refractivity contribution in [2.45, 2.75) is 43.7 Å². The fourth-order valence-corrected chi connectivity index (χ4v) is 5.17. The second kappa shape index (κ2) is 7.42. The van der Waals surface area contributed by atoms with Gasteiger partial charge in [0.05, 0.1) is 5.56 Å². The van der Waals surface area contributed by atoms with E-state index in [9.17, 15) is 14.0 Å². The molecule has 30 heavy (non-hydrogen) atoms. The highest BCUT2D eigenvalue weighted by Gasteiger charge is 2.48. The lowest BCUT2D eigenvalue weighted by atomic mass is 9.74. The number of fused-ring (bicyclic) bond motifs is 2. The molecule has 2 heterocycles. The average molecular weight is 408 g/mol. The Bertz CT molecular complexity index is 984. The van der Waals surface area contributed by atoms with Crippen LogP contribution in [0.4, 0.5) is 10.1 Å². The average Bonchev–Trinajstić information content (AvgIpc) is 3.32. The molecule has 3 aliphatic rings. The van der Waals surface area contributed by atoms with Crippen molar-refractivity contribution < 1.29 is 18.7 Å². The maximum atomic E-state index is 13.5. The van der Waals surface area contributed by atoms with Crippen LogP contribution in [-0.4, -0.2) is 31.0 Å². The van der Waals surface area contributed by atoms with Gasteiger partial charge in [0.1, 0.15) is 11.4 Å². The summed E-state index contributed by atoms with van der Waals surface area (Å²) >= 11 is 0. The monoisotopic (exact) mass is 408 g/mol. The van der Waals surface area contributed by atoms with Gasteiger partial charge in [0.15, 0.2) is 0 Å². The third-order valence-electron chi connectivity index (χ3n) is 6.80. The van der Waals surface area contributed by atoms with Gasteiger partial charge in [-0.05, 0) is 56.4 Å². The first-order chi connectivity index (χ1) is 14.5. The van der Waals surface area contributed by atoms with Crippen molar-refractivity contribution in [1.29, 1.82) is 0 Å². The molecule has 2 aliphatic heterocycles. The topological polar surface area (TPSA) is 58.6 Å². The summed E-state index contributed by atoms with van der Waals surface area (Å²) in [6.07, 6.45) is 3.60. The van der Waals surface area contributed by atoms with Crippen LogP contribution >= 0.6 is 0 Å². The van der Waals surface area contributed by atoms with Crippen molar-refractivity contribution in [1.82, 2.24) is 5.32 Å². The Labute approximate surface area is 175 Å². The van der Waals surface area contributed by atoms with Crippen molar-refractivity contribution in [3.8, 4) is 0 Å². The zero-order valence-corrected chi connectivity index (χ0v) is 16.8. The molecule has 1 spiro atoms. The van der Waals surface area contributed by atoms with Crippen LogP contribution in [-0.2, 0) is 15.1 Å². The highest BCUT2D eigenvalue weighted by atomic mass is 19.1. The van der Waals surface area contributed by atoms with Crippen molar-refractivity contribution >= 4 is 17.6 Å². The number of carbonyl (C=O) groups is 2. The van der Waals surface area contributed by atoms with E-state index in [1.807, 2.05) is 30.3 Å². The first-order valence-corrected chi connectivity index (χ1v) is 10.7. The third kappa shape index (κ3) is 3.34. The zero-order valence-electron chi connectivity index (χ0n) is 16.8. The lowest BCUT2D eigenvalue weighted by molar-refractivity contribution is -0.128. The van der Waals surface area contributed by atoms with Crippen molar-refractivity contribution in [2.75, 3.05) is 18.0 Å². The Morgan fingerprint density at radius 3 is 2.70 bits per heavy atom. The van der Waals surface area contributed by atoms with Crippen LogP contribution < -0.4 is 10.2 Å². The molecule has 1 saturated heterocycles. The number of nitrogens with zero attached hydrogens (tertiary/aromatic N) is 1. The molecule has 1 aliphatic carbocycles. The molecular formula is C24H25FN2O3. The molecule has 156 valence electrons. The number of halogens is 1. The van der Waals surface area contributed by atoms with Gasteiger partial charge in [0.25, 0.3) is 0 Å². The fraction of sp³-hybridized carbons (Fsp3) is 0.417. The Balaban J connectivity index is 1.18. The molecule has 2 fully saturated rings. The predicted molar refractivity (Wildman–Crippen MR) is 111 cm³/mol. The summed E-state index contributed by atoms with van der Waals surface area (Å²) in [4.78, 5) is 27.2. The summed E-state index contributed by atoms with van der Waals surface area (Å²) in [5.41, 5.74) is 1.92. The molecule has 6 heteroatoms. The molecule has 2 aromatic rings. The minimum atomic E-state index is -0.563. The molecular weight excluding hydrogens is 383 g/mol. The Morgan fingerprint density at radius 2 is 1.90 bits per heavy atom. The van der Waals surface area contributed by atoms with Gasteiger partial charge in [0, 0.05) is 36.3 Å². The Kier molecular flexibility index (Phi) is 4.72. The SMILES string of the molecule is O=C1OC2(CCC(C(=O)N[C@H]3CCN(c4cccc(F)c4)C3)CC2)c2ccccc21. The molecule has 1 amide bonds. The number of anilines is 1. The standard InChI is InChI=1S/C24H25FN2O3/c25-17-4-3-5-19(14-17)27-13-10-18(15-27)26-22(28)16-8-11-24(12-9-16)21-7-2-1-6-20(21)23(29)30-24/h1-7,14,16,18H,8-13,15H2,(H,26,28)/t16?,18-,24?/m0/s1. The van der Waals surface area contributed by atoms with E-state index in [0.29, 0.717) is 37.8 Å². The van der Waals surface area contributed by atoms with Crippen LogP contribution in [0.2, 0.25) is 0 Å². The molecule has 5 rings (SSSR count). The summed E-state index contributed by atoms with van der Waals surface area (Å²) in [7, 11) is 0. The van der Waals surface area contributed by atoms with E-state index in [1.165, 1.54) is 12.1 Å². The highest BCUT2D eigenvalue weighted by molar-refractivity contribution is 5.94. The molecule has 1 N–H and O–H groups in total. The lowest BCUT2D eigenvalue weighted by Gasteiger charge is -2.36. The van der Waals surface area contributed by atoms with Crippen LogP contribution in [0.5, 0.6) is 0 Å². The number of benzene rings is 2. The number of ether oxygens (including phenoxy) is 1. The van der Waals surface area contributed by atoms with E-state index in [2.05, 4.69) is 10.2 Å². The summed E-state index contributed by atoms with van der Waals surface area (Å²) in [6, 6.07) is 14.2. The smallest absolute Gasteiger partial charge is 0.339 e. The number of hydrogen-bond donors (Lipinski definition) is 1. The van der Waals surface area contributed by atoms with Crippen LogP contribution in [0.25, 0.3) is 0 Å². The predicted octanol–water partition coefficient (Wildman–Crippen LogP) is 3.78. The quantitative estimate of drug-likeness (QED) is 0.786. The molecule has 0 aromatic heterocycles. The number of amides is 1. The van der Waals surface area contributed by atoms with Crippen molar-refractivity contribution in [2.24, 2.45) is 5.92 Å². The minimum absolute atomic E-state index is 0.0645. The van der Waals surface area contributed by atoms with Gasteiger partial charge in [-0.3, -0.25) is 4.79 Å². The van der Waals surface area contributed by atoms with E-state index in [1.54, 1.807) is 6.07 Å². The van der Waals surface area contributed by atoms with Gasteiger partial charge in [0.2, 0.25) is 5.91 Å². The van der Waals surface area contributed by atoms with Gasteiger partial charge >= 0.3 is 5.97 Å². The normalized spacial score (nSPS) is 27.8. The molecule has 0 radical (unpaired) electrons. The largest absolute Gasteiger partial charge is 0.451 e. The van der Waals surface area contributed by atoms with Gasteiger partial charge in [-0.25, -0.2) is 9.18 Å². The van der Waals surface area contributed by atoms with Crippen LogP contribution in [0, 0.1) is 11.7 Å². The maximum Gasteiger partial charge on any atom is 0.339 e. The summed E-state index contributed by atoms with van der Waals surface area (Å²) in [6.45, 7) is 1.49. The van der Waals surface area contributed by atoms with Gasteiger partial charge in [-0.15, -0.1) is 0 Å². The summed E-state index contributed by atoms with van der Waals surface area (Å²) in [5.74, 6) is -0.485. The van der Waals surface area contributed by atoms with E-state index < -0.39 is 5.60 Å². The lowest BCUT2D eigenvalue weighted by Crippen LogP contribution is -2.43. The van der Waals surface area contributed by atoms with Gasteiger partial charge < -0.3 is 15.0 Å². The number of esters is 1. The zero-order chi connectivity index (χ0) is 20.7. The molecule has 0 unspecified atom stereocenters. The van der Waals surface area contributed by atoms with Crippen LogP contribution in [0.3, 0.4) is 0 Å².